The molecular formula is C10H7N3O2. The predicted octanol–water partition coefficient (Wildman–Crippen LogP) is 0.598. The van der Waals surface area contributed by atoms with E-state index in [0.29, 0.717) is 22.0 Å². The van der Waals surface area contributed by atoms with Gasteiger partial charge in [0.2, 0.25) is 0 Å². The fourth-order valence-corrected chi connectivity index (χ4v) is 1.60. The van der Waals surface area contributed by atoms with Crippen molar-refractivity contribution in [3.05, 3.63) is 45.5 Å². The van der Waals surface area contributed by atoms with E-state index in [9.17, 15) is 4.79 Å². The SMILES string of the molecule is Cn1ccc2c(=O)cc3ncnc-3c=2o1. The number of hydrogen-bond donors (Lipinski definition) is 0. The van der Waals surface area contributed by atoms with Gasteiger partial charge in [0.25, 0.3) is 0 Å². The monoisotopic (exact) mass is 201 g/mol. The lowest BCUT2D eigenvalue weighted by molar-refractivity contribution is 0.270. The molecule has 0 atom stereocenters. The van der Waals surface area contributed by atoms with E-state index in [4.69, 9.17) is 4.52 Å². The molecule has 0 unspecified atom stereocenters. The van der Waals surface area contributed by atoms with Gasteiger partial charge in [0.15, 0.2) is 10.8 Å². The first-order chi connectivity index (χ1) is 7.25. The van der Waals surface area contributed by atoms with Gasteiger partial charge in [0, 0.05) is 19.3 Å². The van der Waals surface area contributed by atoms with Crippen LogP contribution in [0.25, 0.3) is 11.4 Å². The molecule has 3 aliphatic rings. The van der Waals surface area contributed by atoms with Gasteiger partial charge in [0.1, 0.15) is 12.0 Å². The molecule has 0 fully saturated rings. The van der Waals surface area contributed by atoms with Crippen LogP contribution >= 0.6 is 0 Å². The van der Waals surface area contributed by atoms with Crippen LogP contribution < -0.4 is 5.43 Å². The number of rotatable bonds is 0. The molecule has 1 aliphatic carbocycles. The number of fused-ring (bicyclic) bond motifs is 2. The lowest BCUT2D eigenvalue weighted by Crippen LogP contribution is -2.06. The van der Waals surface area contributed by atoms with Crippen LogP contribution in [0, 0.1) is 10.6 Å². The number of imidazole rings is 1. The molecule has 0 radical (unpaired) electrons. The summed E-state index contributed by atoms with van der Waals surface area (Å²) in [7, 11) is 1.75. The summed E-state index contributed by atoms with van der Waals surface area (Å²) in [6.45, 7) is 0. The Bertz CT molecular complexity index is 713. The van der Waals surface area contributed by atoms with Crippen molar-refractivity contribution in [2.75, 3.05) is 0 Å². The molecule has 15 heavy (non-hydrogen) atoms. The van der Waals surface area contributed by atoms with Crippen molar-refractivity contribution in [3.63, 3.8) is 0 Å². The van der Waals surface area contributed by atoms with Gasteiger partial charge in [-0.15, -0.1) is 0 Å². The minimum Gasteiger partial charge on any atom is -0.377 e. The van der Waals surface area contributed by atoms with Crippen molar-refractivity contribution in [2.24, 2.45) is 7.05 Å². The third kappa shape index (κ3) is 1.06. The highest BCUT2D eigenvalue weighted by atomic mass is 16.5. The van der Waals surface area contributed by atoms with E-state index in [-0.39, 0.29) is 5.43 Å². The fraction of sp³-hybridized carbons (Fsp3) is 0.100. The minimum absolute atomic E-state index is 0.0950. The highest BCUT2D eigenvalue weighted by molar-refractivity contribution is 5.55. The Kier molecular flexibility index (Phi) is 1.45. The Morgan fingerprint density at radius 3 is 3.13 bits per heavy atom. The molecule has 0 aromatic carbocycles. The van der Waals surface area contributed by atoms with Gasteiger partial charge in [-0.2, -0.15) is 0 Å². The maximum absolute atomic E-state index is 11.7. The van der Waals surface area contributed by atoms with Crippen LogP contribution in [0.15, 0.2) is 34.0 Å². The summed E-state index contributed by atoms with van der Waals surface area (Å²) in [5.74, 6) is 0. The molecule has 0 N–H and O–H groups in total. The summed E-state index contributed by atoms with van der Waals surface area (Å²) in [6, 6.07) is 3.19. The summed E-state index contributed by atoms with van der Waals surface area (Å²) >= 11 is 0. The Labute approximate surface area is 84.0 Å². The van der Waals surface area contributed by atoms with Crippen LogP contribution in [-0.2, 0) is 7.05 Å². The van der Waals surface area contributed by atoms with Crippen LogP contribution in [0.3, 0.4) is 0 Å². The standard InChI is InChI=1S/C10H7N3O2/c1-13-3-2-6-8(14)4-7-9(10(6)15-13)12-5-11-7/h2-5H,1H3. The zero-order valence-corrected chi connectivity index (χ0v) is 7.97. The van der Waals surface area contributed by atoms with Crippen molar-refractivity contribution in [1.29, 1.82) is 0 Å². The van der Waals surface area contributed by atoms with Crippen molar-refractivity contribution in [1.82, 2.24) is 14.7 Å². The number of nitrogens with zero attached hydrogens (tertiary/aromatic N) is 3. The summed E-state index contributed by atoms with van der Waals surface area (Å²) in [6.07, 6.45) is 3.11. The zero-order valence-electron chi connectivity index (χ0n) is 7.97. The minimum atomic E-state index is -0.0950. The van der Waals surface area contributed by atoms with Gasteiger partial charge in [-0.3, -0.25) is 4.79 Å². The Morgan fingerprint density at radius 1 is 1.40 bits per heavy atom. The van der Waals surface area contributed by atoms with Crippen LogP contribution in [0.1, 0.15) is 0 Å². The lowest BCUT2D eigenvalue weighted by Gasteiger charge is -2.00. The van der Waals surface area contributed by atoms with E-state index in [1.54, 1.807) is 19.3 Å². The largest absolute Gasteiger partial charge is 0.377 e. The Morgan fingerprint density at radius 2 is 2.27 bits per heavy atom. The maximum atomic E-state index is 11.7. The highest BCUT2D eigenvalue weighted by Gasteiger charge is 2.12. The zero-order chi connectivity index (χ0) is 10.4. The fourth-order valence-electron chi connectivity index (χ4n) is 1.60. The van der Waals surface area contributed by atoms with E-state index in [1.807, 2.05) is 0 Å². The normalized spacial score (nSPS) is 11.3. The molecule has 3 rings (SSSR count). The van der Waals surface area contributed by atoms with Gasteiger partial charge in [-0.25, -0.2) is 14.7 Å². The van der Waals surface area contributed by atoms with Gasteiger partial charge < -0.3 is 4.52 Å². The highest BCUT2D eigenvalue weighted by Crippen LogP contribution is 2.16. The molecule has 0 bridgehead atoms. The number of aryl methyl sites for hydroxylation is 1. The molecule has 2 aliphatic heterocycles. The second-order valence-corrected chi connectivity index (χ2v) is 3.31. The molecule has 2 heterocycles. The first-order valence-corrected chi connectivity index (χ1v) is 4.46. The van der Waals surface area contributed by atoms with E-state index < -0.39 is 0 Å². The Hall–Kier alpha value is -2.17. The third-order valence-electron chi connectivity index (χ3n) is 2.31. The van der Waals surface area contributed by atoms with Crippen LogP contribution in [0.5, 0.6) is 0 Å². The van der Waals surface area contributed by atoms with E-state index in [1.165, 1.54) is 17.1 Å². The average molecular weight is 201 g/mol. The van der Waals surface area contributed by atoms with E-state index >= 15 is 0 Å². The van der Waals surface area contributed by atoms with Crippen molar-refractivity contribution >= 4 is 0 Å². The molecule has 74 valence electrons. The molecule has 0 saturated carbocycles. The van der Waals surface area contributed by atoms with Crippen LogP contribution in [-0.4, -0.2) is 14.7 Å². The lowest BCUT2D eigenvalue weighted by atomic mass is 10.2. The second kappa shape index (κ2) is 2.66. The number of aromatic nitrogens is 3. The number of hydrogen-bond acceptors (Lipinski definition) is 4. The van der Waals surface area contributed by atoms with Gasteiger partial charge >= 0.3 is 0 Å². The summed E-state index contributed by atoms with van der Waals surface area (Å²) < 4.78 is 6.95. The maximum Gasteiger partial charge on any atom is 0.194 e. The molecule has 0 aromatic heterocycles. The van der Waals surface area contributed by atoms with Crippen molar-refractivity contribution < 1.29 is 4.52 Å². The molecule has 0 amide bonds. The van der Waals surface area contributed by atoms with E-state index in [0.717, 1.165) is 0 Å². The smallest absolute Gasteiger partial charge is 0.194 e. The summed E-state index contributed by atoms with van der Waals surface area (Å²) in [5.41, 5.74) is 1.59. The quantitative estimate of drug-likeness (QED) is 0.534. The predicted molar refractivity (Wildman–Crippen MR) is 51.5 cm³/mol. The first kappa shape index (κ1) is 8.16. The molecule has 0 saturated heterocycles. The van der Waals surface area contributed by atoms with Gasteiger partial charge in [0.05, 0.1) is 10.9 Å². The molecular weight excluding hydrogens is 194 g/mol. The Balaban J connectivity index is 2.71. The second-order valence-electron chi connectivity index (χ2n) is 3.31. The van der Waals surface area contributed by atoms with E-state index in [2.05, 4.69) is 9.97 Å². The van der Waals surface area contributed by atoms with Crippen molar-refractivity contribution in [2.45, 2.75) is 0 Å². The molecule has 5 nitrogen and oxygen atoms in total. The third-order valence-corrected chi connectivity index (χ3v) is 2.31. The molecule has 0 spiro atoms. The summed E-state index contributed by atoms with van der Waals surface area (Å²) in [5, 5.41) is 0.529. The molecule has 5 heteroatoms. The average Bonchev–Trinajstić information content (AvgIpc) is 2.65. The van der Waals surface area contributed by atoms with Crippen LogP contribution in [0.2, 0.25) is 0 Å². The van der Waals surface area contributed by atoms with Gasteiger partial charge in [-0.05, 0) is 6.07 Å². The molecule has 0 aromatic rings. The topological polar surface area (TPSA) is 60.9 Å². The van der Waals surface area contributed by atoms with Gasteiger partial charge in [-0.1, -0.05) is 0 Å². The summed E-state index contributed by atoms with van der Waals surface area (Å²) in [4.78, 5) is 19.7. The first-order valence-electron chi connectivity index (χ1n) is 4.46. The van der Waals surface area contributed by atoms with Crippen LogP contribution in [0.4, 0.5) is 0 Å². The van der Waals surface area contributed by atoms with Crippen molar-refractivity contribution in [3.8, 4) is 11.4 Å².